The molecule has 10 heteroatoms. The third-order valence-electron chi connectivity index (χ3n) is 6.20. The van der Waals surface area contributed by atoms with Crippen LogP contribution < -0.4 is 20.7 Å². The first-order valence-electron chi connectivity index (χ1n) is 11.5. The molecule has 1 saturated heterocycles. The standard InChI is InChI=1S/C24H34N4O6/c1-6-33-22(29)18(28-10-9-26-13-28)11-14(2)7-8-16-20(27-24(31)25-4)19-17(12-34-23(19)30)15(3)21(16)32-5/h7,18,26H,6,8-13H2,1-5H3,(H2,25,27,31). The first-order valence-corrected chi connectivity index (χ1v) is 11.5. The minimum absolute atomic E-state index is 0.138. The number of hydrogen-bond acceptors (Lipinski definition) is 8. The number of benzene rings is 1. The van der Waals surface area contributed by atoms with Gasteiger partial charge in [0.05, 0.1) is 25.0 Å². The van der Waals surface area contributed by atoms with Crippen LogP contribution in [0, 0.1) is 6.92 Å². The second-order valence-corrected chi connectivity index (χ2v) is 8.34. The molecule has 0 aliphatic carbocycles. The molecule has 0 aromatic heterocycles. The fraction of sp³-hybridized carbons (Fsp3) is 0.542. The first-order chi connectivity index (χ1) is 16.3. The Balaban J connectivity index is 1.94. The predicted octanol–water partition coefficient (Wildman–Crippen LogP) is 2.10. The molecule has 0 spiro atoms. The maximum Gasteiger partial charge on any atom is 0.341 e. The highest BCUT2D eigenvalue weighted by molar-refractivity contribution is 6.05. The number of hydrogen-bond donors (Lipinski definition) is 3. The molecule has 186 valence electrons. The first kappa shape index (κ1) is 25.5. The van der Waals surface area contributed by atoms with Crippen molar-refractivity contribution in [3.63, 3.8) is 0 Å². The van der Waals surface area contributed by atoms with E-state index in [2.05, 4.69) is 20.9 Å². The zero-order valence-corrected chi connectivity index (χ0v) is 20.5. The molecule has 1 unspecified atom stereocenters. The average Bonchev–Trinajstić information content (AvgIpc) is 3.48. The number of cyclic esters (lactones) is 1. The molecule has 2 aliphatic rings. The van der Waals surface area contributed by atoms with Crippen molar-refractivity contribution in [2.24, 2.45) is 0 Å². The summed E-state index contributed by atoms with van der Waals surface area (Å²) in [4.78, 5) is 39.4. The van der Waals surface area contributed by atoms with Crippen LogP contribution in [-0.2, 0) is 27.3 Å². The molecule has 0 radical (unpaired) electrons. The van der Waals surface area contributed by atoms with Crippen LogP contribution >= 0.6 is 0 Å². The van der Waals surface area contributed by atoms with Crippen LogP contribution in [0.3, 0.4) is 0 Å². The highest BCUT2D eigenvalue weighted by Gasteiger charge is 2.33. The number of carbonyl (C=O) groups is 3. The monoisotopic (exact) mass is 474 g/mol. The van der Waals surface area contributed by atoms with Crippen LogP contribution in [0.1, 0.15) is 47.3 Å². The Labute approximate surface area is 200 Å². The molecule has 3 rings (SSSR count). The van der Waals surface area contributed by atoms with Crippen LogP contribution in [0.15, 0.2) is 11.6 Å². The second-order valence-electron chi connectivity index (χ2n) is 8.34. The number of carbonyl (C=O) groups excluding carboxylic acids is 3. The Kier molecular flexibility index (Phi) is 8.51. The van der Waals surface area contributed by atoms with Gasteiger partial charge in [-0.3, -0.25) is 9.69 Å². The molecular weight excluding hydrogens is 440 g/mol. The quantitative estimate of drug-likeness (QED) is 0.368. The summed E-state index contributed by atoms with van der Waals surface area (Å²) >= 11 is 0. The zero-order chi connectivity index (χ0) is 24.8. The van der Waals surface area contributed by atoms with Gasteiger partial charge in [-0.15, -0.1) is 0 Å². The molecule has 3 N–H and O–H groups in total. The van der Waals surface area contributed by atoms with Crippen molar-refractivity contribution in [2.75, 3.05) is 45.8 Å². The number of urea groups is 1. The lowest BCUT2D eigenvalue weighted by molar-refractivity contribution is -0.149. The number of nitrogens with zero attached hydrogens (tertiary/aromatic N) is 1. The third-order valence-corrected chi connectivity index (χ3v) is 6.20. The van der Waals surface area contributed by atoms with Crippen molar-refractivity contribution in [1.29, 1.82) is 0 Å². The summed E-state index contributed by atoms with van der Waals surface area (Å²) in [6.07, 6.45) is 2.89. The molecule has 10 nitrogen and oxygen atoms in total. The zero-order valence-electron chi connectivity index (χ0n) is 20.5. The van der Waals surface area contributed by atoms with Crippen molar-refractivity contribution >= 4 is 23.7 Å². The van der Waals surface area contributed by atoms with Gasteiger partial charge in [-0.2, -0.15) is 0 Å². The van der Waals surface area contributed by atoms with E-state index in [0.717, 1.165) is 24.2 Å². The van der Waals surface area contributed by atoms with Crippen LogP contribution in [0.2, 0.25) is 0 Å². The fourth-order valence-electron chi connectivity index (χ4n) is 4.42. The highest BCUT2D eigenvalue weighted by Crippen LogP contribution is 2.41. The molecule has 1 atom stereocenters. The van der Waals surface area contributed by atoms with Gasteiger partial charge in [0.25, 0.3) is 0 Å². The normalized spacial score (nSPS) is 16.6. The predicted molar refractivity (Wildman–Crippen MR) is 127 cm³/mol. The number of fused-ring (bicyclic) bond motifs is 1. The van der Waals surface area contributed by atoms with Crippen LogP contribution in [0.25, 0.3) is 0 Å². The molecule has 0 bridgehead atoms. The number of esters is 2. The van der Waals surface area contributed by atoms with Crippen molar-refractivity contribution in [1.82, 2.24) is 15.5 Å². The maximum absolute atomic E-state index is 12.6. The van der Waals surface area contributed by atoms with Crippen LogP contribution in [-0.4, -0.2) is 69.4 Å². The van der Waals surface area contributed by atoms with Gasteiger partial charge in [0.15, 0.2) is 0 Å². The molecule has 34 heavy (non-hydrogen) atoms. The van der Waals surface area contributed by atoms with Gasteiger partial charge >= 0.3 is 18.0 Å². The van der Waals surface area contributed by atoms with Crippen molar-refractivity contribution < 1.29 is 28.6 Å². The van der Waals surface area contributed by atoms with Gasteiger partial charge in [0.1, 0.15) is 18.4 Å². The van der Waals surface area contributed by atoms with Gasteiger partial charge in [-0.05, 0) is 39.2 Å². The van der Waals surface area contributed by atoms with Crippen molar-refractivity contribution in [3.8, 4) is 5.75 Å². The van der Waals surface area contributed by atoms with E-state index in [0.29, 0.717) is 54.2 Å². The summed E-state index contributed by atoms with van der Waals surface area (Å²) in [5.74, 6) is -0.120. The largest absolute Gasteiger partial charge is 0.496 e. The lowest BCUT2D eigenvalue weighted by atomic mass is 9.93. The topological polar surface area (TPSA) is 118 Å². The average molecular weight is 475 g/mol. The fourth-order valence-corrected chi connectivity index (χ4v) is 4.42. The molecular formula is C24H34N4O6. The van der Waals surface area contributed by atoms with E-state index < -0.39 is 12.0 Å². The van der Waals surface area contributed by atoms with E-state index in [1.54, 1.807) is 14.0 Å². The Morgan fingerprint density at radius 1 is 1.35 bits per heavy atom. The second kappa shape index (κ2) is 11.3. The van der Waals surface area contributed by atoms with Crippen molar-refractivity contribution in [3.05, 3.63) is 33.9 Å². The van der Waals surface area contributed by atoms with E-state index in [-0.39, 0.29) is 18.6 Å². The van der Waals surface area contributed by atoms with Crippen LogP contribution in [0.4, 0.5) is 10.5 Å². The number of methoxy groups -OCH3 is 1. The van der Waals surface area contributed by atoms with Gasteiger partial charge in [0.2, 0.25) is 0 Å². The summed E-state index contributed by atoms with van der Waals surface area (Å²) in [5.41, 5.74) is 3.92. The Bertz CT molecular complexity index is 984. The minimum atomic E-state index is -0.474. The molecule has 0 saturated carbocycles. The smallest absolute Gasteiger partial charge is 0.341 e. The number of allylic oxidation sites excluding steroid dienone is 1. The summed E-state index contributed by atoms with van der Waals surface area (Å²) in [6, 6.07) is -0.827. The third kappa shape index (κ3) is 5.34. The summed E-state index contributed by atoms with van der Waals surface area (Å²) in [6.45, 7) is 8.34. The van der Waals surface area contributed by atoms with E-state index >= 15 is 0 Å². The SMILES string of the molecule is CCOC(=O)C(CC(C)=CCc1c(NC(=O)NC)c2c(c(C)c1OC)COC2=O)N1CCNC1. The minimum Gasteiger partial charge on any atom is -0.496 e. The van der Waals surface area contributed by atoms with Crippen LogP contribution in [0.5, 0.6) is 5.75 Å². The van der Waals surface area contributed by atoms with Gasteiger partial charge in [0, 0.05) is 37.9 Å². The molecule has 2 aliphatic heterocycles. The summed E-state index contributed by atoms with van der Waals surface area (Å²) in [7, 11) is 3.07. The lowest BCUT2D eigenvalue weighted by Crippen LogP contribution is -2.41. The van der Waals surface area contributed by atoms with E-state index in [1.807, 2.05) is 19.9 Å². The van der Waals surface area contributed by atoms with E-state index in [9.17, 15) is 14.4 Å². The molecule has 2 amide bonds. The highest BCUT2D eigenvalue weighted by atomic mass is 16.5. The van der Waals surface area contributed by atoms with Gasteiger partial charge in [-0.25, -0.2) is 9.59 Å². The molecule has 1 aromatic rings. The van der Waals surface area contributed by atoms with E-state index in [4.69, 9.17) is 14.2 Å². The Hall–Kier alpha value is -3.11. The van der Waals surface area contributed by atoms with Crippen molar-refractivity contribution in [2.45, 2.75) is 46.3 Å². The molecule has 1 aromatic carbocycles. The Morgan fingerprint density at radius 2 is 2.12 bits per heavy atom. The van der Waals surface area contributed by atoms with Gasteiger partial charge in [-0.1, -0.05) is 11.6 Å². The number of anilines is 1. The van der Waals surface area contributed by atoms with Gasteiger partial charge < -0.3 is 30.2 Å². The van der Waals surface area contributed by atoms with E-state index in [1.165, 1.54) is 7.05 Å². The number of amides is 2. The number of nitrogens with one attached hydrogen (secondary N) is 3. The number of rotatable bonds is 9. The summed E-state index contributed by atoms with van der Waals surface area (Å²) < 4.78 is 16.3. The molecule has 2 heterocycles. The summed E-state index contributed by atoms with van der Waals surface area (Å²) in [5, 5.41) is 8.56. The lowest BCUT2D eigenvalue weighted by Gasteiger charge is -2.25. The maximum atomic E-state index is 12.6. The molecule has 1 fully saturated rings. The number of ether oxygens (including phenoxy) is 3. The Morgan fingerprint density at radius 3 is 2.74 bits per heavy atom.